The normalized spacial score (nSPS) is 15.7. The van der Waals surface area contributed by atoms with Crippen molar-refractivity contribution < 1.29 is 9.53 Å². The van der Waals surface area contributed by atoms with Gasteiger partial charge in [0.05, 0.1) is 0 Å². The lowest BCUT2D eigenvalue weighted by Crippen LogP contribution is -2.39. The number of hydrogen-bond donors (Lipinski definition) is 1. The molecule has 0 spiro atoms. The SMILES string of the molecule is CC1CCN(CCNC(=O)c2cccnc2Oc2ccccc2)CC1. The Morgan fingerprint density at radius 2 is 1.96 bits per heavy atom. The number of amides is 1. The highest BCUT2D eigenvalue weighted by atomic mass is 16.5. The summed E-state index contributed by atoms with van der Waals surface area (Å²) in [7, 11) is 0. The fourth-order valence-corrected chi connectivity index (χ4v) is 2.95. The van der Waals surface area contributed by atoms with E-state index < -0.39 is 0 Å². The monoisotopic (exact) mass is 339 g/mol. The van der Waals surface area contributed by atoms with Crippen molar-refractivity contribution in [1.29, 1.82) is 0 Å². The molecule has 1 aromatic carbocycles. The average Bonchev–Trinajstić information content (AvgIpc) is 2.64. The Morgan fingerprint density at radius 3 is 2.72 bits per heavy atom. The van der Waals surface area contributed by atoms with E-state index in [0.29, 0.717) is 23.7 Å². The van der Waals surface area contributed by atoms with Crippen LogP contribution in [0, 0.1) is 5.92 Å². The third kappa shape index (κ3) is 5.03. The number of nitrogens with one attached hydrogen (secondary N) is 1. The van der Waals surface area contributed by atoms with Gasteiger partial charge in [0.25, 0.3) is 5.91 Å². The van der Waals surface area contributed by atoms with E-state index in [0.717, 1.165) is 25.6 Å². The maximum absolute atomic E-state index is 12.5. The van der Waals surface area contributed by atoms with Gasteiger partial charge in [-0.05, 0) is 56.1 Å². The molecule has 2 aromatic rings. The number of benzene rings is 1. The van der Waals surface area contributed by atoms with Gasteiger partial charge in [0.1, 0.15) is 11.3 Å². The molecule has 0 unspecified atom stereocenters. The Bertz CT molecular complexity index is 682. The van der Waals surface area contributed by atoms with Crippen LogP contribution in [-0.2, 0) is 0 Å². The van der Waals surface area contributed by atoms with Crippen molar-refractivity contribution in [2.45, 2.75) is 19.8 Å². The van der Waals surface area contributed by atoms with Crippen molar-refractivity contribution in [2.75, 3.05) is 26.2 Å². The molecule has 1 aliphatic rings. The van der Waals surface area contributed by atoms with Gasteiger partial charge in [0.2, 0.25) is 5.88 Å². The summed E-state index contributed by atoms with van der Waals surface area (Å²) in [6, 6.07) is 12.9. The average molecular weight is 339 g/mol. The van der Waals surface area contributed by atoms with Crippen molar-refractivity contribution in [2.24, 2.45) is 5.92 Å². The van der Waals surface area contributed by atoms with Crippen LogP contribution in [0.5, 0.6) is 11.6 Å². The van der Waals surface area contributed by atoms with Crippen molar-refractivity contribution in [1.82, 2.24) is 15.2 Å². The van der Waals surface area contributed by atoms with Crippen molar-refractivity contribution >= 4 is 5.91 Å². The molecule has 5 nitrogen and oxygen atoms in total. The van der Waals surface area contributed by atoms with Gasteiger partial charge in [0.15, 0.2) is 0 Å². The highest BCUT2D eigenvalue weighted by molar-refractivity contribution is 5.96. The van der Waals surface area contributed by atoms with Crippen molar-refractivity contribution in [3.8, 4) is 11.6 Å². The second-order valence-electron chi connectivity index (χ2n) is 6.55. The zero-order valence-electron chi connectivity index (χ0n) is 14.6. The molecule has 2 heterocycles. The Morgan fingerprint density at radius 1 is 1.20 bits per heavy atom. The lowest BCUT2D eigenvalue weighted by atomic mass is 9.99. The van der Waals surface area contributed by atoms with Crippen LogP contribution in [0.3, 0.4) is 0 Å². The summed E-state index contributed by atoms with van der Waals surface area (Å²) in [5.74, 6) is 1.67. The summed E-state index contributed by atoms with van der Waals surface area (Å²) in [6.07, 6.45) is 4.11. The zero-order chi connectivity index (χ0) is 17.5. The molecule has 0 aliphatic carbocycles. The number of aromatic nitrogens is 1. The van der Waals surface area contributed by atoms with Gasteiger partial charge in [-0.15, -0.1) is 0 Å². The summed E-state index contributed by atoms with van der Waals surface area (Å²) in [5.41, 5.74) is 0.457. The molecule has 3 rings (SSSR count). The van der Waals surface area contributed by atoms with Crippen molar-refractivity contribution in [3.05, 3.63) is 54.2 Å². The summed E-state index contributed by atoms with van der Waals surface area (Å²) in [5, 5.41) is 2.98. The third-order valence-electron chi connectivity index (χ3n) is 4.56. The van der Waals surface area contributed by atoms with Crippen LogP contribution in [0.1, 0.15) is 30.1 Å². The van der Waals surface area contributed by atoms with E-state index in [1.54, 1.807) is 18.3 Å². The lowest BCUT2D eigenvalue weighted by molar-refractivity contribution is 0.0941. The maximum Gasteiger partial charge on any atom is 0.256 e. The number of piperidine rings is 1. The fraction of sp³-hybridized carbons (Fsp3) is 0.400. The predicted octanol–water partition coefficient (Wildman–Crippen LogP) is 3.34. The lowest BCUT2D eigenvalue weighted by Gasteiger charge is -2.30. The number of carbonyl (C=O) groups excluding carboxylic acids is 1. The van der Waals surface area contributed by atoms with Crippen LogP contribution in [0.4, 0.5) is 0 Å². The number of para-hydroxylation sites is 1. The number of carbonyl (C=O) groups is 1. The van der Waals surface area contributed by atoms with Gasteiger partial charge in [-0.25, -0.2) is 4.98 Å². The van der Waals surface area contributed by atoms with Gasteiger partial charge < -0.3 is 15.0 Å². The predicted molar refractivity (Wildman–Crippen MR) is 97.9 cm³/mol. The zero-order valence-corrected chi connectivity index (χ0v) is 14.6. The molecule has 25 heavy (non-hydrogen) atoms. The van der Waals surface area contributed by atoms with E-state index in [1.165, 1.54) is 12.8 Å². The number of likely N-dealkylation sites (tertiary alicyclic amines) is 1. The van der Waals surface area contributed by atoms with Gasteiger partial charge in [-0.1, -0.05) is 25.1 Å². The van der Waals surface area contributed by atoms with E-state index in [4.69, 9.17) is 4.74 Å². The number of pyridine rings is 1. The van der Waals surface area contributed by atoms with Crippen LogP contribution in [0.2, 0.25) is 0 Å². The fourth-order valence-electron chi connectivity index (χ4n) is 2.95. The molecule has 1 N–H and O–H groups in total. The number of ether oxygens (including phenoxy) is 1. The molecule has 0 atom stereocenters. The first-order valence-corrected chi connectivity index (χ1v) is 8.91. The minimum atomic E-state index is -0.149. The van der Waals surface area contributed by atoms with E-state index in [2.05, 4.69) is 22.1 Å². The third-order valence-corrected chi connectivity index (χ3v) is 4.56. The molecule has 1 fully saturated rings. The van der Waals surface area contributed by atoms with Gasteiger partial charge in [-0.3, -0.25) is 4.79 Å². The standard InChI is InChI=1S/C20H25N3O2/c1-16-9-13-23(14-10-16)15-12-21-19(24)18-8-5-11-22-20(18)25-17-6-3-2-4-7-17/h2-8,11,16H,9-10,12-15H2,1H3,(H,21,24). The van der Waals surface area contributed by atoms with Gasteiger partial charge in [0, 0.05) is 19.3 Å². The number of rotatable bonds is 6. The second-order valence-corrected chi connectivity index (χ2v) is 6.55. The van der Waals surface area contributed by atoms with E-state index in [9.17, 15) is 4.79 Å². The second kappa shape index (κ2) is 8.62. The van der Waals surface area contributed by atoms with Crippen LogP contribution < -0.4 is 10.1 Å². The molecular formula is C20H25N3O2. The Hall–Kier alpha value is -2.40. The molecule has 1 saturated heterocycles. The Balaban J connectivity index is 1.55. The number of nitrogens with zero attached hydrogens (tertiary/aromatic N) is 2. The highest BCUT2D eigenvalue weighted by Gasteiger charge is 2.17. The van der Waals surface area contributed by atoms with Crippen molar-refractivity contribution in [3.63, 3.8) is 0 Å². The minimum absolute atomic E-state index is 0.149. The smallest absolute Gasteiger partial charge is 0.256 e. The summed E-state index contributed by atoms with van der Waals surface area (Å²) in [4.78, 5) is 19.1. The van der Waals surface area contributed by atoms with Crippen LogP contribution >= 0.6 is 0 Å². The highest BCUT2D eigenvalue weighted by Crippen LogP contribution is 2.22. The molecule has 1 aliphatic heterocycles. The summed E-state index contributed by atoms with van der Waals surface area (Å²) < 4.78 is 5.76. The first-order valence-electron chi connectivity index (χ1n) is 8.91. The first-order chi connectivity index (χ1) is 12.2. The van der Waals surface area contributed by atoms with Crippen LogP contribution in [-0.4, -0.2) is 42.0 Å². The van der Waals surface area contributed by atoms with Gasteiger partial charge >= 0.3 is 0 Å². The van der Waals surface area contributed by atoms with Crippen LogP contribution in [0.25, 0.3) is 0 Å². The van der Waals surface area contributed by atoms with Crippen LogP contribution in [0.15, 0.2) is 48.7 Å². The van der Waals surface area contributed by atoms with E-state index in [1.807, 2.05) is 30.3 Å². The largest absolute Gasteiger partial charge is 0.438 e. The molecule has 1 aromatic heterocycles. The first kappa shape index (κ1) is 17.4. The number of hydrogen-bond acceptors (Lipinski definition) is 4. The van der Waals surface area contributed by atoms with E-state index >= 15 is 0 Å². The van der Waals surface area contributed by atoms with E-state index in [-0.39, 0.29) is 5.91 Å². The molecule has 1 amide bonds. The molecule has 5 heteroatoms. The molecule has 132 valence electrons. The Labute approximate surface area is 149 Å². The molecule has 0 bridgehead atoms. The summed E-state index contributed by atoms with van der Waals surface area (Å²) >= 11 is 0. The Kier molecular flexibility index (Phi) is 6.01. The topological polar surface area (TPSA) is 54.5 Å². The molecule has 0 saturated carbocycles. The minimum Gasteiger partial charge on any atom is -0.438 e. The molecular weight excluding hydrogens is 314 g/mol. The quantitative estimate of drug-likeness (QED) is 0.877. The summed E-state index contributed by atoms with van der Waals surface area (Å²) in [6.45, 7) is 6.05. The maximum atomic E-state index is 12.5. The van der Waals surface area contributed by atoms with Gasteiger partial charge in [-0.2, -0.15) is 0 Å². The molecule has 0 radical (unpaired) electrons.